The lowest BCUT2D eigenvalue weighted by Gasteiger charge is -2.25. The van der Waals surface area contributed by atoms with Crippen molar-refractivity contribution in [3.05, 3.63) is 18.2 Å². The molecule has 0 saturated carbocycles. The maximum Gasteiger partial charge on any atom is 0.163 e. The van der Waals surface area contributed by atoms with Crippen LogP contribution in [-0.2, 0) is 0 Å². The average molecular weight is 251 g/mol. The molecule has 17 heavy (non-hydrogen) atoms. The molecule has 3 nitrogen and oxygen atoms in total. The molecular weight excluding hydrogens is 234 g/mol. The normalized spacial score (nSPS) is 20.0. The molecule has 3 rings (SSSR count). The molecule has 0 spiro atoms. The summed E-state index contributed by atoms with van der Waals surface area (Å²) in [5.41, 5.74) is 1.14. The first-order valence-electron chi connectivity index (χ1n) is 6.16. The smallest absolute Gasteiger partial charge is 0.163 e. The lowest BCUT2D eigenvalue weighted by atomic mass is 10.1. The lowest BCUT2D eigenvalue weighted by molar-refractivity contribution is 0.171. The van der Waals surface area contributed by atoms with Crippen LogP contribution in [0.15, 0.2) is 18.2 Å². The maximum absolute atomic E-state index is 5.58. The van der Waals surface area contributed by atoms with Crippen LogP contribution in [0.3, 0.4) is 0 Å². The number of hydrogen-bond acceptors (Lipinski definition) is 4. The van der Waals surface area contributed by atoms with E-state index in [0.717, 1.165) is 17.2 Å². The van der Waals surface area contributed by atoms with Gasteiger partial charge in [-0.25, -0.2) is 0 Å². The van der Waals surface area contributed by atoms with Crippen molar-refractivity contribution in [1.82, 2.24) is 0 Å². The molecule has 0 unspecified atom stereocenters. The van der Waals surface area contributed by atoms with Crippen molar-refractivity contribution in [2.24, 2.45) is 0 Å². The Hall–Kier alpha value is -1.03. The Morgan fingerprint density at radius 2 is 1.82 bits per heavy atom. The van der Waals surface area contributed by atoms with E-state index >= 15 is 0 Å². The summed E-state index contributed by atoms with van der Waals surface area (Å²) in [6, 6.07) is 6.73. The van der Waals surface area contributed by atoms with Crippen LogP contribution in [0, 0.1) is 0 Å². The highest BCUT2D eigenvalue weighted by molar-refractivity contribution is 7.99. The largest absolute Gasteiger partial charge is 0.486 e. The van der Waals surface area contributed by atoms with E-state index in [1.54, 1.807) is 0 Å². The number of thioether (sulfide) groups is 1. The quantitative estimate of drug-likeness (QED) is 0.875. The summed E-state index contributed by atoms with van der Waals surface area (Å²) in [7, 11) is 0. The molecule has 1 aromatic rings. The van der Waals surface area contributed by atoms with Gasteiger partial charge in [0, 0.05) is 17.8 Å². The second kappa shape index (κ2) is 5.08. The molecule has 1 aromatic carbocycles. The highest BCUT2D eigenvalue weighted by Crippen LogP contribution is 2.33. The summed E-state index contributed by atoms with van der Waals surface area (Å²) < 4.78 is 11.1. The Bertz CT molecular complexity index is 391. The van der Waals surface area contributed by atoms with Crippen LogP contribution in [0.5, 0.6) is 11.5 Å². The van der Waals surface area contributed by atoms with Gasteiger partial charge in [-0.05, 0) is 36.5 Å². The predicted molar refractivity (Wildman–Crippen MR) is 71.4 cm³/mol. The van der Waals surface area contributed by atoms with Gasteiger partial charge in [-0.2, -0.15) is 11.8 Å². The van der Waals surface area contributed by atoms with Crippen LogP contribution >= 0.6 is 11.8 Å². The number of fused-ring (bicyclic) bond motifs is 1. The van der Waals surface area contributed by atoms with E-state index in [4.69, 9.17) is 9.47 Å². The zero-order valence-electron chi connectivity index (χ0n) is 9.78. The van der Waals surface area contributed by atoms with E-state index < -0.39 is 0 Å². The van der Waals surface area contributed by atoms with Crippen molar-refractivity contribution in [2.45, 2.75) is 18.9 Å². The van der Waals surface area contributed by atoms with E-state index in [0.29, 0.717) is 19.3 Å². The van der Waals surface area contributed by atoms with Crippen molar-refractivity contribution in [3.63, 3.8) is 0 Å². The minimum absolute atomic E-state index is 0.610. The highest BCUT2D eigenvalue weighted by atomic mass is 32.2. The van der Waals surface area contributed by atoms with E-state index in [1.165, 1.54) is 24.3 Å². The number of anilines is 1. The van der Waals surface area contributed by atoms with Crippen LogP contribution in [0.25, 0.3) is 0 Å². The van der Waals surface area contributed by atoms with Crippen molar-refractivity contribution in [2.75, 3.05) is 30.0 Å². The molecule has 0 aromatic heterocycles. The van der Waals surface area contributed by atoms with Gasteiger partial charge in [-0.3, -0.25) is 0 Å². The number of rotatable bonds is 2. The Labute approximate surface area is 106 Å². The Balaban J connectivity index is 1.70. The number of nitrogens with one attached hydrogen (secondary N) is 1. The third-order valence-electron chi connectivity index (χ3n) is 3.13. The number of benzene rings is 1. The minimum atomic E-state index is 0.610. The first-order valence-corrected chi connectivity index (χ1v) is 7.31. The Kier molecular flexibility index (Phi) is 3.31. The topological polar surface area (TPSA) is 30.5 Å². The molecule has 1 N–H and O–H groups in total. The zero-order valence-corrected chi connectivity index (χ0v) is 10.6. The van der Waals surface area contributed by atoms with E-state index in [-0.39, 0.29) is 0 Å². The number of hydrogen-bond donors (Lipinski definition) is 1. The first-order chi connectivity index (χ1) is 8.42. The minimum Gasteiger partial charge on any atom is -0.486 e. The van der Waals surface area contributed by atoms with Gasteiger partial charge in [0.2, 0.25) is 0 Å². The fourth-order valence-corrected chi connectivity index (χ4v) is 3.32. The second-order valence-electron chi connectivity index (χ2n) is 4.39. The van der Waals surface area contributed by atoms with Crippen molar-refractivity contribution in [3.8, 4) is 11.5 Å². The summed E-state index contributed by atoms with van der Waals surface area (Å²) >= 11 is 2.05. The van der Waals surface area contributed by atoms with Crippen molar-refractivity contribution < 1.29 is 9.47 Å². The third kappa shape index (κ3) is 2.63. The molecule has 4 heteroatoms. The maximum atomic E-state index is 5.58. The summed E-state index contributed by atoms with van der Waals surface area (Å²) in [5, 5.41) is 3.58. The third-order valence-corrected chi connectivity index (χ3v) is 4.18. The molecule has 0 aliphatic carbocycles. The van der Waals surface area contributed by atoms with Gasteiger partial charge in [0.05, 0.1) is 0 Å². The van der Waals surface area contributed by atoms with Gasteiger partial charge in [0.25, 0.3) is 0 Å². The number of ether oxygens (including phenoxy) is 2. The molecule has 2 aliphatic heterocycles. The molecule has 0 bridgehead atoms. The zero-order chi connectivity index (χ0) is 11.5. The van der Waals surface area contributed by atoms with Crippen LogP contribution < -0.4 is 14.8 Å². The second-order valence-corrected chi connectivity index (χ2v) is 5.61. The standard InChI is InChI=1S/C13H17NO2S/c1-2-12-13(16-6-5-15-12)9-11(1)14-10-3-7-17-8-4-10/h1-2,9-10,14H,3-8H2. The monoisotopic (exact) mass is 251 g/mol. The summed E-state index contributed by atoms with van der Waals surface area (Å²) in [6.45, 7) is 1.30. The predicted octanol–water partition coefficient (Wildman–Crippen LogP) is 2.77. The van der Waals surface area contributed by atoms with Gasteiger partial charge in [-0.15, -0.1) is 0 Å². The van der Waals surface area contributed by atoms with Gasteiger partial charge in [-0.1, -0.05) is 0 Å². The molecule has 0 amide bonds. The fourth-order valence-electron chi connectivity index (χ4n) is 2.21. The summed E-state index contributed by atoms with van der Waals surface area (Å²) in [6.07, 6.45) is 2.50. The highest BCUT2D eigenvalue weighted by Gasteiger charge is 2.15. The molecule has 0 radical (unpaired) electrons. The van der Waals surface area contributed by atoms with Gasteiger partial charge in [0.1, 0.15) is 13.2 Å². The molecule has 2 heterocycles. The van der Waals surface area contributed by atoms with Crippen molar-refractivity contribution >= 4 is 17.4 Å². The molecule has 92 valence electrons. The molecule has 1 fully saturated rings. The Morgan fingerprint density at radius 1 is 1.06 bits per heavy atom. The van der Waals surface area contributed by atoms with Crippen LogP contribution in [0.2, 0.25) is 0 Å². The van der Waals surface area contributed by atoms with E-state index in [9.17, 15) is 0 Å². The average Bonchev–Trinajstić information content (AvgIpc) is 2.40. The molecule has 0 atom stereocenters. The lowest BCUT2D eigenvalue weighted by Crippen LogP contribution is -2.24. The van der Waals surface area contributed by atoms with Crippen LogP contribution in [-0.4, -0.2) is 30.8 Å². The van der Waals surface area contributed by atoms with Crippen LogP contribution in [0.4, 0.5) is 5.69 Å². The molecular formula is C13H17NO2S. The van der Waals surface area contributed by atoms with Gasteiger partial charge in [0.15, 0.2) is 11.5 Å². The van der Waals surface area contributed by atoms with Crippen molar-refractivity contribution in [1.29, 1.82) is 0 Å². The molecule has 1 saturated heterocycles. The molecule has 2 aliphatic rings. The fraction of sp³-hybridized carbons (Fsp3) is 0.538. The van der Waals surface area contributed by atoms with Gasteiger partial charge < -0.3 is 14.8 Å². The van der Waals surface area contributed by atoms with E-state index in [2.05, 4.69) is 17.4 Å². The van der Waals surface area contributed by atoms with Crippen LogP contribution in [0.1, 0.15) is 12.8 Å². The summed E-state index contributed by atoms with van der Waals surface area (Å²) in [4.78, 5) is 0. The summed E-state index contributed by atoms with van der Waals surface area (Å²) in [5.74, 6) is 4.26. The Morgan fingerprint density at radius 3 is 2.65 bits per heavy atom. The van der Waals surface area contributed by atoms with Gasteiger partial charge >= 0.3 is 0 Å². The first kappa shape index (κ1) is 11.1. The van der Waals surface area contributed by atoms with E-state index in [1.807, 2.05) is 17.8 Å². The SMILES string of the molecule is c1cc2c(cc1NC1CCSCC1)OCCO2.